The number of sulfonamides is 1. The van der Waals surface area contributed by atoms with E-state index in [1.165, 1.54) is 11.3 Å². The zero-order valence-corrected chi connectivity index (χ0v) is 16.9. The molecule has 0 spiro atoms. The van der Waals surface area contributed by atoms with E-state index in [2.05, 4.69) is 4.40 Å². The summed E-state index contributed by atoms with van der Waals surface area (Å²) >= 11 is 1.23. The quantitative estimate of drug-likeness (QED) is 0.610. The lowest BCUT2D eigenvalue weighted by atomic mass is 10.2. The van der Waals surface area contributed by atoms with Crippen molar-refractivity contribution >= 4 is 37.5 Å². The number of rotatable bonds is 5. The predicted octanol–water partition coefficient (Wildman–Crippen LogP) is 3.50. The van der Waals surface area contributed by atoms with Crippen molar-refractivity contribution in [1.82, 2.24) is 4.57 Å². The highest BCUT2D eigenvalue weighted by Gasteiger charge is 2.15. The minimum atomic E-state index is -3.82. The number of nitrogens with zero attached hydrogens (tertiary/aromatic N) is 2. The topological polar surface area (TPSA) is 77.7 Å². The summed E-state index contributed by atoms with van der Waals surface area (Å²) in [6.07, 6.45) is 0. The van der Waals surface area contributed by atoms with Crippen molar-refractivity contribution in [2.45, 2.75) is 32.2 Å². The van der Waals surface area contributed by atoms with Crippen LogP contribution < -0.4 is 4.80 Å². The second-order valence-electron chi connectivity index (χ2n) is 5.91. The van der Waals surface area contributed by atoms with Crippen LogP contribution in [0.5, 0.6) is 0 Å². The Morgan fingerprint density at radius 1 is 1.15 bits per heavy atom. The third-order valence-corrected chi connectivity index (χ3v) is 6.47. The number of hydrogen-bond acceptors (Lipinski definition) is 5. The second-order valence-corrected chi connectivity index (χ2v) is 8.52. The molecule has 142 valence electrons. The molecule has 0 aliphatic rings. The minimum absolute atomic E-state index is 0.153. The van der Waals surface area contributed by atoms with Gasteiger partial charge in [-0.05, 0) is 51.1 Å². The van der Waals surface area contributed by atoms with Gasteiger partial charge in [-0.1, -0.05) is 29.0 Å². The number of aryl methyl sites for hydroxylation is 2. The van der Waals surface area contributed by atoms with Gasteiger partial charge in [0.1, 0.15) is 0 Å². The van der Waals surface area contributed by atoms with Crippen molar-refractivity contribution in [1.29, 1.82) is 0 Å². The molecule has 1 heterocycles. The first-order valence-corrected chi connectivity index (χ1v) is 10.8. The monoisotopic (exact) mass is 404 g/mol. The van der Waals surface area contributed by atoms with Crippen LogP contribution in [0.3, 0.4) is 0 Å². The number of thiazole rings is 1. The molecule has 0 radical (unpaired) electrons. The number of fused-ring (bicyclic) bond motifs is 1. The molecule has 0 unspecified atom stereocenters. The molecule has 1 aromatic heterocycles. The molecule has 0 amide bonds. The van der Waals surface area contributed by atoms with Crippen molar-refractivity contribution < 1.29 is 17.9 Å². The fourth-order valence-electron chi connectivity index (χ4n) is 2.66. The van der Waals surface area contributed by atoms with Crippen LogP contribution in [-0.2, 0) is 21.3 Å². The van der Waals surface area contributed by atoms with Crippen LogP contribution in [0, 0.1) is 6.92 Å². The zero-order valence-electron chi connectivity index (χ0n) is 15.3. The van der Waals surface area contributed by atoms with Crippen molar-refractivity contribution in [2.24, 2.45) is 4.40 Å². The summed E-state index contributed by atoms with van der Waals surface area (Å²) in [4.78, 5) is 12.5. The van der Waals surface area contributed by atoms with Gasteiger partial charge in [-0.3, -0.25) is 0 Å². The van der Waals surface area contributed by atoms with Crippen LogP contribution in [0.1, 0.15) is 29.8 Å². The van der Waals surface area contributed by atoms with Crippen LogP contribution in [0.2, 0.25) is 0 Å². The number of hydrogen-bond donors (Lipinski definition) is 0. The van der Waals surface area contributed by atoms with E-state index in [9.17, 15) is 13.2 Å². The molecule has 0 fully saturated rings. The maximum absolute atomic E-state index is 12.7. The molecule has 8 heteroatoms. The van der Waals surface area contributed by atoms with E-state index in [1.54, 1.807) is 49.4 Å². The highest BCUT2D eigenvalue weighted by molar-refractivity contribution is 7.90. The van der Waals surface area contributed by atoms with Gasteiger partial charge in [-0.15, -0.1) is 4.40 Å². The van der Waals surface area contributed by atoms with E-state index >= 15 is 0 Å². The van der Waals surface area contributed by atoms with E-state index in [0.717, 1.165) is 15.8 Å². The summed E-state index contributed by atoms with van der Waals surface area (Å²) in [5.74, 6) is -0.401. The number of carbonyl (C=O) groups is 1. The minimum Gasteiger partial charge on any atom is -0.462 e. The zero-order chi connectivity index (χ0) is 19.6. The summed E-state index contributed by atoms with van der Waals surface area (Å²) in [6, 6.07) is 11.8. The first-order valence-electron chi connectivity index (χ1n) is 8.54. The van der Waals surface area contributed by atoms with Gasteiger partial charge >= 0.3 is 5.97 Å². The first-order chi connectivity index (χ1) is 12.9. The van der Waals surface area contributed by atoms with Gasteiger partial charge < -0.3 is 9.30 Å². The molecule has 0 bridgehead atoms. The van der Waals surface area contributed by atoms with Crippen LogP contribution in [0.4, 0.5) is 0 Å². The Bertz CT molecular complexity index is 1160. The van der Waals surface area contributed by atoms with E-state index < -0.39 is 16.0 Å². The fourth-order valence-corrected chi connectivity index (χ4v) is 4.99. The third-order valence-electron chi connectivity index (χ3n) is 4.03. The highest BCUT2D eigenvalue weighted by atomic mass is 32.2. The third kappa shape index (κ3) is 3.96. The molecular formula is C19H20N2O4S2. The number of benzene rings is 2. The lowest BCUT2D eigenvalue weighted by molar-refractivity contribution is 0.0526. The smallest absolute Gasteiger partial charge is 0.338 e. The molecule has 6 nitrogen and oxygen atoms in total. The Hall–Kier alpha value is -2.45. The molecule has 0 N–H and O–H groups in total. The second kappa shape index (κ2) is 7.66. The Morgan fingerprint density at radius 2 is 1.85 bits per heavy atom. The molecule has 0 aliphatic heterocycles. The van der Waals surface area contributed by atoms with Gasteiger partial charge in [0.05, 0.1) is 27.3 Å². The summed E-state index contributed by atoms with van der Waals surface area (Å²) in [7, 11) is -3.82. The fraction of sp³-hybridized carbons (Fsp3) is 0.263. The normalized spacial score (nSPS) is 12.5. The lowest BCUT2D eigenvalue weighted by Crippen LogP contribution is -2.16. The largest absolute Gasteiger partial charge is 0.462 e. The van der Waals surface area contributed by atoms with Crippen molar-refractivity contribution in [3.63, 3.8) is 0 Å². The number of carbonyl (C=O) groups excluding carboxylic acids is 1. The molecule has 0 aliphatic carbocycles. The molecular weight excluding hydrogens is 384 g/mol. The summed E-state index contributed by atoms with van der Waals surface area (Å²) in [5, 5.41) is 0. The van der Waals surface area contributed by atoms with Crippen LogP contribution in [0.15, 0.2) is 51.8 Å². The predicted molar refractivity (Wildman–Crippen MR) is 105 cm³/mol. The standard InChI is InChI=1S/C19H20N2O4S2/c1-4-21-16-11-8-14(18(22)25-5-2)12-17(16)26-19(21)20-27(23,24)15-9-6-13(3)7-10-15/h6-12H,4-5H2,1-3H3. The maximum atomic E-state index is 12.7. The average molecular weight is 405 g/mol. The summed E-state index contributed by atoms with van der Waals surface area (Å²) < 4.78 is 37.0. The van der Waals surface area contributed by atoms with E-state index in [4.69, 9.17) is 4.74 Å². The number of ether oxygens (including phenoxy) is 1. The number of esters is 1. The van der Waals surface area contributed by atoms with Crippen LogP contribution in [-0.4, -0.2) is 25.6 Å². The molecule has 3 rings (SSSR count). The van der Waals surface area contributed by atoms with Crippen molar-refractivity contribution in [3.8, 4) is 0 Å². The maximum Gasteiger partial charge on any atom is 0.338 e. The van der Waals surface area contributed by atoms with Gasteiger partial charge in [-0.2, -0.15) is 8.42 Å². The number of aromatic nitrogens is 1. The van der Waals surface area contributed by atoms with Gasteiger partial charge in [0.25, 0.3) is 10.0 Å². The Balaban J connectivity index is 2.14. The summed E-state index contributed by atoms with van der Waals surface area (Å²) in [6.45, 7) is 6.42. The Kier molecular flexibility index (Phi) is 5.48. The summed E-state index contributed by atoms with van der Waals surface area (Å²) in [5.41, 5.74) is 2.24. The van der Waals surface area contributed by atoms with Crippen LogP contribution >= 0.6 is 11.3 Å². The van der Waals surface area contributed by atoms with E-state index in [1.807, 2.05) is 18.4 Å². The SMILES string of the molecule is CCOC(=O)c1ccc2c(c1)sc(=NS(=O)(=O)c1ccc(C)cc1)n2CC. The van der Waals surface area contributed by atoms with Crippen molar-refractivity contribution in [3.05, 3.63) is 58.4 Å². The van der Waals surface area contributed by atoms with Gasteiger partial charge in [-0.25, -0.2) is 4.79 Å². The first kappa shape index (κ1) is 19.3. The lowest BCUT2D eigenvalue weighted by Gasteiger charge is -2.03. The molecule has 0 atom stereocenters. The van der Waals surface area contributed by atoms with Crippen molar-refractivity contribution in [2.75, 3.05) is 6.61 Å². The Labute approximate surface area is 161 Å². The molecule has 3 aromatic rings. The van der Waals surface area contributed by atoms with E-state index in [-0.39, 0.29) is 4.90 Å². The van der Waals surface area contributed by atoms with Gasteiger partial charge in [0.15, 0.2) is 0 Å². The van der Waals surface area contributed by atoms with E-state index in [0.29, 0.717) is 23.5 Å². The van der Waals surface area contributed by atoms with Crippen LogP contribution in [0.25, 0.3) is 10.2 Å². The highest BCUT2D eigenvalue weighted by Crippen LogP contribution is 2.21. The molecule has 0 saturated heterocycles. The molecule has 27 heavy (non-hydrogen) atoms. The van der Waals surface area contributed by atoms with Gasteiger partial charge in [0.2, 0.25) is 4.80 Å². The molecule has 2 aromatic carbocycles. The molecule has 0 saturated carbocycles. The van der Waals surface area contributed by atoms with Gasteiger partial charge in [0, 0.05) is 6.54 Å². The average Bonchev–Trinajstić information content (AvgIpc) is 2.97. The Morgan fingerprint density at radius 3 is 2.48 bits per heavy atom.